The summed E-state index contributed by atoms with van der Waals surface area (Å²) in [6, 6.07) is 37.0. The first-order chi connectivity index (χ1) is 15.9. The minimum absolute atomic E-state index is 0.933. The molecule has 0 fully saturated rings. The van der Waals surface area contributed by atoms with Crippen LogP contribution in [0.25, 0.3) is 71.2 Å². The molecular weight excluding hydrogens is 390 g/mol. The molecule has 8 aromatic rings. The van der Waals surface area contributed by atoms with Crippen LogP contribution in [-0.4, -0.2) is 4.40 Å². The fourth-order valence-corrected chi connectivity index (χ4v) is 5.52. The standard InChI is InChI=1S/C30H17NO/c1-4-10-26-20(7-1)24-15-19(16-25-21-8-2-5-11-27(21)31(26)30(24)25)18-13-14-23-22-9-3-6-12-28(22)32-29(23)17-18/h1-17H. The van der Waals surface area contributed by atoms with Crippen LogP contribution in [0.1, 0.15) is 0 Å². The number of hydrogen-bond acceptors (Lipinski definition) is 1. The Morgan fingerprint density at radius 2 is 1.03 bits per heavy atom. The van der Waals surface area contributed by atoms with E-state index in [1.807, 2.05) is 12.1 Å². The quantitative estimate of drug-likeness (QED) is 0.267. The molecule has 0 spiro atoms. The van der Waals surface area contributed by atoms with Gasteiger partial charge in [-0.15, -0.1) is 0 Å². The van der Waals surface area contributed by atoms with Crippen LogP contribution >= 0.6 is 0 Å². The summed E-state index contributed by atoms with van der Waals surface area (Å²) in [6.45, 7) is 0. The van der Waals surface area contributed by atoms with E-state index in [1.54, 1.807) is 0 Å². The second-order valence-corrected chi connectivity index (χ2v) is 8.60. The van der Waals surface area contributed by atoms with Crippen molar-refractivity contribution in [2.24, 2.45) is 0 Å². The molecule has 2 nitrogen and oxygen atoms in total. The number of para-hydroxylation sites is 3. The van der Waals surface area contributed by atoms with Crippen LogP contribution in [0.15, 0.2) is 108 Å². The smallest absolute Gasteiger partial charge is 0.136 e. The molecule has 0 aliphatic rings. The molecule has 0 saturated carbocycles. The highest BCUT2D eigenvalue weighted by Crippen LogP contribution is 2.42. The second kappa shape index (κ2) is 5.68. The monoisotopic (exact) mass is 407 g/mol. The maximum absolute atomic E-state index is 6.18. The summed E-state index contributed by atoms with van der Waals surface area (Å²) >= 11 is 0. The zero-order chi connectivity index (χ0) is 20.8. The normalized spacial score (nSPS) is 12.4. The Bertz CT molecular complexity index is 1900. The third-order valence-corrected chi connectivity index (χ3v) is 6.92. The molecule has 0 unspecified atom stereocenters. The number of aromatic nitrogens is 1. The average molecular weight is 407 g/mol. The van der Waals surface area contributed by atoms with Gasteiger partial charge in [-0.2, -0.15) is 0 Å². The molecule has 0 radical (unpaired) electrons. The minimum Gasteiger partial charge on any atom is -0.456 e. The molecule has 2 heteroatoms. The van der Waals surface area contributed by atoms with Gasteiger partial charge in [-0.25, -0.2) is 0 Å². The number of hydrogen-bond donors (Lipinski definition) is 0. The Balaban J connectivity index is 1.51. The number of furan rings is 1. The van der Waals surface area contributed by atoms with E-state index >= 15 is 0 Å². The number of rotatable bonds is 1. The summed E-state index contributed by atoms with van der Waals surface area (Å²) in [4.78, 5) is 0. The molecular formula is C30H17NO. The molecule has 0 saturated heterocycles. The van der Waals surface area contributed by atoms with Crippen LogP contribution in [-0.2, 0) is 0 Å². The van der Waals surface area contributed by atoms with E-state index in [-0.39, 0.29) is 0 Å². The summed E-state index contributed by atoms with van der Waals surface area (Å²) in [5, 5.41) is 7.52. The summed E-state index contributed by atoms with van der Waals surface area (Å²) in [7, 11) is 0. The highest BCUT2D eigenvalue weighted by atomic mass is 16.3. The molecule has 3 heterocycles. The lowest BCUT2D eigenvalue weighted by Crippen LogP contribution is -1.80. The predicted molar refractivity (Wildman–Crippen MR) is 134 cm³/mol. The molecule has 3 aromatic heterocycles. The summed E-state index contributed by atoms with van der Waals surface area (Å²) < 4.78 is 8.59. The van der Waals surface area contributed by atoms with Crippen LogP contribution in [0, 0.1) is 0 Å². The van der Waals surface area contributed by atoms with Crippen LogP contribution in [0.4, 0.5) is 0 Å². The van der Waals surface area contributed by atoms with Crippen molar-refractivity contribution in [2.45, 2.75) is 0 Å². The van der Waals surface area contributed by atoms with E-state index in [2.05, 4.69) is 95.4 Å². The maximum atomic E-state index is 6.18. The van der Waals surface area contributed by atoms with Gasteiger partial charge in [0.25, 0.3) is 0 Å². The zero-order valence-electron chi connectivity index (χ0n) is 17.2. The molecule has 0 aliphatic heterocycles. The number of fused-ring (bicyclic) bond motifs is 9. The van der Waals surface area contributed by atoms with Crippen LogP contribution in [0.2, 0.25) is 0 Å². The highest BCUT2D eigenvalue weighted by molar-refractivity contribution is 6.24. The fourth-order valence-electron chi connectivity index (χ4n) is 5.52. The van der Waals surface area contributed by atoms with Gasteiger partial charge in [-0.05, 0) is 53.6 Å². The molecule has 32 heavy (non-hydrogen) atoms. The van der Waals surface area contributed by atoms with E-state index < -0.39 is 0 Å². The molecule has 8 rings (SSSR count). The second-order valence-electron chi connectivity index (χ2n) is 8.60. The van der Waals surface area contributed by atoms with Gasteiger partial charge in [-0.3, -0.25) is 0 Å². The third-order valence-electron chi connectivity index (χ3n) is 6.92. The molecule has 0 aliphatic carbocycles. The largest absolute Gasteiger partial charge is 0.456 e. The zero-order valence-corrected chi connectivity index (χ0v) is 17.2. The van der Waals surface area contributed by atoms with Crippen molar-refractivity contribution in [3.05, 3.63) is 103 Å². The number of benzene rings is 5. The van der Waals surface area contributed by atoms with E-state index in [4.69, 9.17) is 4.42 Å². The minimum atomic E-state index is 0.933. The van der Waals surface area contributed by atoms with Gasteiger partial charge >= 0.3 is 0 Å². The Labute approximate surface area is 183 Å². The lowest BCUT2D eigenvalue weighted by molar-refractivity contribution is 0.669. The summed E-state index contributed by atoms with van der Waals surface area (Å²) in [6.07, 6.45) is 0. The van der Waals surface area contributed by atoms with Crippen molar-refractivity contribution in [1.82, 2.24) is 4.40 Å². The average Bonchev–Trinajstić information content (AvgIpc) is 3.49. The molecule has 5 aromatic carbocycles. The topological polar surface area (TPSA) is 17.6 Å². The van der Waals surface area contributed by atoms with Crippen molar-refractivity contribution in [2.75, 3.05) is 0 Å². The van der Waals surface area contributed by atoms with Gasteiger partial charge in [0.2, 0.25) is 0 Å². The van der Waals surface area contributed by atoms with Gasteiger partial charge < -0.3 is 8.82 Å². The van der Waals surface area contributed by atoms with Crippen molar-refractivity contribution in [1.29, 1.82) is 0 Å². The first-order valence-corrected chi connectivity index (χ1v) is 11.0. The summed E-state index contributed by atoms with van der Waals surface area (Å²) in [5.74, 6) is 0. The Morgan fingerprint density at radius 1 is 0.438 bits per heavy atom. The van der Waals surface area contributed by atoms with Gasteiger partial charge in [0.15, 0.2) is 0 Å². The Kier molecular flexibility index (Phi) is 2.91. The van der Waals surface area contributed by atoms with E-state index in [9.17, 15) is 0 Å². The third kappa shape index (κ3) is 1.95. The van der Waals surface area contributed by atoms with Gasteiger partial charge in [0, 0.05) is 32.3 Å². The van der Waals surface area contributed by atoms with E-state index in [0.29, 0.717) is 0 Å². The molecule has 0 bridgehead atoms. The van der Waals surface area contributed by atoms with Crippen LogP contribution < -0.4 is 0 Å². The maximum Gasteiger partial charge on any atom is 0.136 e. The van der Waals surface area contributed by atoms with Crippen molar-refractivity contribution in [3.63, 3.8) is 0 Å². The summed E-state index contributed by atoms with van der Waals surface area (Å²) in [5.41, 5.74) is 8.09. The van der Waals surface area contributed by atoms with Crippen molar-refractivity contribution < 1.29 is 4.42 Å². The highest BCUT2D eigenvalue weighted by Gasteiger charge is 2.18. The van der Waals surface area contributed by atoms with E-state index in [0.717, 1.165) is 16.6 Å². The lowest BCUT2D eigenvalue weighted by atomic mass is 9.98. The van der Waals surface area contributed by atoms with E-state index in [1.165, 1.54) is 54.6 Å². The molecule has 0 amide bonds. The number of nitrogens with zero attached hydrogens (tertiary/aromatic N) is 1. The van der Waals surface area contributed by atoms with Crippen LogP contribution in [0.3, 0.4) is 0 Å². The predicted octanol–water partition coefficient (Wildman–Crippen LogP) is 8.40. The van der Waals surface area contributed by atoms with Crippen molar-refractivity contribution >= 4 is 60.0 Å². The Hall–Kier alpha value is -4.30. The molecule has 148 valence electrons. The van der Waals surface area contributed by atoms with Gasteiger partial charge in [-0.1, -0.05) is 60.7 Å². The first kappa shape index (κ1) is 16.4. The van der Waals surface area contributed by atoms with Gasteiger partial charge in [0.1, 0.15) is 11.2 Å². The molecule has 0 N–H and O–H groups in total. The molecule has 0 atom stereocenters. The Morgan fingerprint density at radius 3 is 1.75 bits per heavy atom. The van der Waals surface area contributed by atoms with Crippen LogP contribution in [0.5, 0.6) is 0 Å². The van der Waals surface area contributed by atoms with Crippen molar-refractivity contribution in [3.8, 4) is 11.1 Å². The lowest BCUT2D eigenvalue weighted by Gasteiger charge is -2.04. The fraction of sp³-hybridized carbons (Fsp3) is 0. The van der Waals surface area contributed by atoms with Gasteiger partial charge in [0.05, 0.1) is 16.6 Å². The SMILES string of the molecule is c1ccc2c(c1)oc1cc(-c3cc4c5ccccc5n5c6ccccc6c(c3)c45)ccc12. The first-order valence-electron chi connectivity index (χ1n) is 11.0.